The number of hydrogen-bond donors (Lipinski definition) is 0. The first-order valence-corrected chi connectivity index (χ1v) is 5.97. The van der Waals surface area contributed by atoms with Gasteiger partial charge in [0.1, 0.15) is 0 Å². The molecule has 0 unspecified atom stereocenters. The maximum atomic E-state index is 11.3. The number of fused-ring (bicyclic) bond motifs is 2. The Bertz CT molecular complexity index is 457. The van der Waals surface area contributed by atoms with Gasteiger partial charge in [-0.3, -0.25) is 4.79 Å². The van der Waals surface area contributed by atoms with Crippen LogP contribution in [0.4, 0.5) is 0 Å². The van der Waals surface area contributed by atoms with Crippen LogP contribution in [0, 0.1) is 5.92 Å². The Kier molecular flexibility index (Phi) is 2.31. The number of ketones is 1. The summed E-state index contributed by atoms with van der Waals surface area (Å²) >= 11 is 0. The number of rotatable bonds is 1. The van der Waals surface area contributed by atoms with Gasteiger partial charge < -0.3 is 9.47 Å². The van der Waals surface area contributed by atoms with Crippen LogP contribution in [0.25, 0.3) is 0 Å². The van der Waals surface area contributed by atoms with Crippen molar-refractivity contribution < 1.29 is 23.9 Å². The fraction of sp³-hybridized carbons (Fsp3) is 0.583. The van der Waals surface area contributed by atoms with Gasteiger partial charge >= 0.3 is 17.8 Å². The molecular formula is C12H13NO5. The van der Waals surface area contributed by atoms with E-state index >= 15 is 0 Å². The van der Waals surface area contributed by atoms with Gasteiger partial charge in [-0.05, 0) is 31.8 Å². The Morgan fingerprint density at radius 2 is 1.83 bits per heavy atom. The number of allylic oxidation sites excluding steroid dienone is 1. The molecule has 0 N–H and O–H groups in total. The lowest BCUT2D eigenvalue weighted by Crippen LogP contribution is -2.61. The fourth-order valence-corrected chi connectivity index (χ4v) is 2.96. The summed E-state index contributed by atoms with van der Waals surface area (Å²) in [5.41, 5.74) is 0.603. The SMILES string of the molecule is CC(=O)/C=C1\C2CCN(CC2)C12OC(=O)C(=O)O2. The monoisotopic (exact) mass is 251 g/mol. The zero-order valence-electron chi connectivity index (χ0n) is 9.97. The number of nitrogens with zero attached hydrogens (tertiary/aromatic N) is 1. The molecule has 6 nitrogen and oxygen atoms in total. The lowest BCUT2D eigenvalue weighted by Gasteiger charge is -2.50. The van der Waals surface area contributed by atoms with Gasteiger partial charge in [0.25, 0.3) is 0 Å². The number of hydrogen-bond acceptors (Lipinski definition) is 6. The highest BCUT2D eigenvalue weighted by Crippen LogP contribution is 2.47. The Labute approximate surface area is 104 Å². The number of carbonyl (C=O) groups is 3. The maximum absolute atomic E-state index is 11.3. The molecule has 1 spiro atoms. The van der Waals surface area contributed by atoms with Crippen molar-refractivity contribution in [1.29, 1.82) is 0 Å². The summed E-state index contributed by atoms with van der Waals surface area (Å²) in [6.45, 7) is 2.82. The summed E-state index contributed by atoms with van der Waals surface area (Å²) in [6.07, 6.45) is 3.20. The maximum Gasteiger partial charge on any atom is 0.422 e. The summed E-state index contributed by atoms with van der Waals surface area (Å²) in [5.74, 6) is -3.43. The molecule has 96 valence electrons. The van der Waals surface area contributed by atoms with Crippen LogP contribution in [0.5, 0.6) is 0 Å². The van der Waals surface area contributed by atoms with Gasteiger partial charge in [0.05, 0.1) is 0 Å². The Morgan fingerprint density at radius 1 is 1.28 bits per heavy atom. The summed E-state index contributed by atoms with van der Waals surface area (Å²) < 4.78 is 10.3. The highest BCUT2D eigenvalue weighted by atomic mass is 16.8. The summed E-state index contributed by atoms with van der Waals surface area (Å²) in [7, 11) is 0. The predicted molar refractivity (Wildman–Crippen MR) is 58.0 cm³/mol. The molecule has 18 heavy (non-hydrogen) atoms. The van der Waals surface area contributed by atoms with Crippen molar-refractivity contribution >= 4 is 17.7 Å². The second-order valence-electron chi connectivity index (χ2n) is 4.83. The minimum absolute atomic E-state index is 0.137. The molecule has 0 aromatic rings. The Balaban J connectivity index is 2.07. The molecule has 0 aromatic heterocycles. The van der Waals surface area contributed by atoms with Gasteiger partial charge in [-0.25, -0.2) is 14.5 Å². The number of ether oxygens (including phenoxy) is 2. The van der Waals surface area contributed by atoms with E-state index in [0.717, 1.165) is 12.8 Å². The first kappa shape index (κ1) is 11.4. The highest BCUT2D eigenvalue weighted by Gasteiger charge is 2.61. The van der Waals surface area contributed by atoms with Crippen LogP contribution in [0.2, 0.25) is 0 Å². The zero-order chi connectivity index (χ0) is 12.9. The predicted octanol–water partition coefficient (Wildman–Crippen LogP) is -0.0188. The third-order valence-corrected chi connectivity index (χ3v) is 3.70. The lowest BCUT2D eigenvalue weighted by molar-refractivity contribution is -0.252. The molecular weight excluding hydrogens is 238 g/mol. The van der Waals surface area contributed by atoms with E-state index in [9.17, 15) is 14.4 Å². The molecule has 0 aliphatic carbocycles. The number of esters is 2. The minimum Gasteiger partial charge on any atom is -0.396 e. The van der Waals surface area contributed by atoms with Crippen LogP contribution < -0.4 is 0 Å². The summed E-state index contributed by atoms with van der Waals surface area (Å²) in [4.78, 5) is 35.8. The third kappa shape index (κ3) is 1.42. The van der Waals surface area contributed by atoms with Crippen molar-refractivity contribution in [3.63, 3.8) is 0 Å². The van der Waals surface area contributed by atoms with Gasteiger partial charge in [0.15, 0.2) is 5.78 Å². The van der Waals surface area contributed by atoms with E-state index in [2.05, 4.69) is 0 Å². The summed E-state index contributed by atoms with van der Waals surface area (Å²) in [6, 6.07) is 0. The summed E-state index contributed by atoms with van der Waals surface area (Å²) in [5, 5.41) is 0. The molecule has 4 aliphatic rings. The molecule has 4 aliphatic heterocycles. The standard InChI is InChI=1S/C12H13NO5/c1-7(14)6-9-8-2-4-13(5-3-8)12(9)17-10(15)11(16)18-12/h6,8H,2-5H2,1H3/b9-6+. The molecule has 2 bridgehead atoms. The van der Waals surface area contributed by atoms with Gasteiger partial charge in [0, 0.05) is 18.7 Å². The van der Waals surface area contributed by atoms with Crippen molar-refractivity contribution in [2.24, 2.45) is 5.92 Å². The zero-order valence-corrected chi connectivity index (χ0v) is 9.97. The van der Waals surface area contributed by atoms with Crippen LogP contribution in [-0.2, 0) is 23.9 Å². The lowest BCUT2D eigenvalue weighted by atomic mass is 9.80. The average molecular weight is 251 g/mol. The molecule has 0 amide bonds. The van der Waals surface area contributed by atoms with E-state index in [1.165, 1.54) is 13.0 Å². The van der Waals surface area contributed by atoms with Gasteiger partial charge in [0.2, 0.25) is 0 Å². The van der Waals surface area contributed by atoms with E-state index < -0.39 is 17.8 Å². The second kappa shape index (κ2) is 3.65. The first-order valence-electron chi connectivity index (χ1n) is 5.97. The second-order valence-corrected chi connectivity index (χ2v) is 4.83. The van der Waals surface area contributed by atoms with Gasteiger partial charge in [-0.15, -0.1) is 0 Å². The van der Waals surface area contributed by atoms with Crippen LogP contribution >= 0.6 is 0 Å². The minimum atomic E-state index is -1.44. The van der Waals surface area contributed by atoms with E-state index in [1.54, 1.807) is 0 Å². The molecule has 4 heterocycles. The van der Waals surface area contributed by atoms with E-state index in [0.29, 0.717) is 18.7 Å². The molecule has 6 heteroatoms. The van der Waals surface area contributed by atoms with Crippen molar-refractivity contribution in [3.8, 4) is 0 Å². The van der Waals surface area contributed by atoms with Crippen molar-refractivity contribution in [3.05, 3.63) is 11.6 Å². The fourth-order valence-electron chi connectivity index (χ4n) is 2.96. The smallest absolute Gasteiger partial charge is 0.396 e. The van der Waals surface area contributed by atoms with E-state index in [-0.39, 0.29) is 11.7 Å². The van der Waals surface area contributed by atoms with E-state index in [4.69, 9.17) is 9.47 Å². The molecule has 4 fully saturated rings. The Morgan fingerprint density at radius 3 is 2.33 bits per heavy atom. The number of piperidine rings is 3. The van der Waals surface area contributed by atoms with Gasteiger partial charge in [-0.1, -0.05) is 0 Å². The van der Waals surface area contributed by atoms with Crippen LogP contribution in [0.1, 0.15) is 19.8 Å². The molecule has 0 saturated carbocycles. The normalized spacial score (nSPS) is 34.8. The quantitative estimate of drug-likeness (QED) is 0.370. The third-order valence-electron chi connectivity index (χ3n) is 3.70. The van der Waals surface area contributed by atoms with Crippen LogP contribution in [0.15, 0.2) is 11.6 Å². The van der Waals surface area contributed by atoms with Crippen LogP contribution in [-0.4, -0.2) is 41.6 Å². The first-order chi connectivity index (χ1) is 8.53. The number of carbonyl (C=O) groups excluding carboxylic acids is 3. The molecule has 0 aromatic carbocycles. The van der Waals surface area contributed by atoms with Crippen molar-refractivity contribution in [2.75, 3.05) is 13.1 Å². The van der Waals surface area contributed by atoms with Crippen molar-refractivity contribution in [1.82, 2.24) is 4.90 Å². The largest absolute Gasteiger partial charge is 0.422 e. The molecule has 4 saturated heterocycles. The molecule has 0 radical (unpaired) electrons. The highest BCUT2D eigenvalue weighted by molar-refractivity contribution is 6.31. The van der Waals surface area contributed by atoms with E-state index in [1.807, 2.05) is 4.90 Å². The average Bonchev–Trinajstić information content (AvgIpc) is 2.61. The van der Waals surface area contributed by atoms with Crippen LogP contribution in [0.3, 0.4) is 0 Å². The Hall–Kier alpha value is -1.69. The van der Waals surface area contributed by atoms with Crippen molar-refractivity contribution in [2.45, 2.75) is 25.7 Å². The topological polar surface area (TPSA) is 72.9 Å². The molecule has 0 atom stereocenters. The molecule has 4 rings (SSSR count). The van der Waals surface area contributed by atoms with Gasteiger partial charge in [-0.2, -0.15) is 0 Å².